The molecule has 0 bridgehead atoms. The molecule has 2 heterocycles. The van der Waals surface area contributed by atoms with E-state index < -0.39 is 18.2 Å². The van der Waals surface area contributed by atoms with E-state index in [1.165, 1.54) is 16.2 Å². The predicted molar refractivity (Wildman–Crippen MR) is 140 cm³/mol. The zero-order valence-electron chi connectivity index (χ0n) is 20.6. The summed E-state index contributed by atoms with van der Waals surface area (Å²) < 4.78 is 5.73. The first kappa shape index (κ1) is 25.4. The van der Waals surface area contributed by atoms with Gasteiger partial charge in [-0.3, -0.25) is 14.5 Å². The number of benzene rings is 2. The molecule has 2 N–H and O–H groups in total. The highest BCUT2D eigenvalue weighted by atomic mass is 32.1. The van der Waals surface area contributed by atoms with Crippen molar-refractivity contribution in [3.8, 4) is 0 Å². The lowest BCUT2D eigenvalue weighted by atomic mass is 10.00. The Morgan fingerprint density at radius 2 is 1.86 bits per heavy atom. The topological polar surface area (TPSA) is 91.0 Å². The van der Waals surface area contributed by atoms with Gasteiger partial charge in [0.05, 0.1) is 11.4 Å². The highest BCUT2D eigenvalue weighted by Gasteiger charge is 2.46. The Kier molecular flexibility index (Phi) is 8.02. The van der Waals surface area contributed by atoms with E-state index in [-0.39, 0.29) is 18.4 Å². The van der Waals surface area contributed by atoms with Crippen LogP contribution in [0.3, 0.4) is 0 Å². The molecule has 1 saturated heterocycles. The Balaban J connectivity index is 1.54. The lowest BCUT2D eigenvalue weighted by molar-refractivity contribution is -0.126. The van der Waals surface area contributed by atoms with E-state index >= 15 is 0 Å². The van der Waals surface area contributed by atoms with Crippen molar-refractivity contribution < 1.29 is 19.1 Å². The molecule has 188 valence electrons. The minimum Gasteiger partial charge on any atom is -0.438 e. The average Bonchev–Trinajstić information content (AvgIpc) is 3.48. The second-order valence-electron chi connectivity index (χ2n) is 9.01. The molecule has 0 unspecified atom stereocenters. The molecule has 0 aliphatic carbocycles. The fourth-order valence-electron chi connectivity index (χ4n) is 4.08. The van der Waals surface area contributed by atoms with Crippen LogP contribution in [-0.2, 0) is 16.1 Å². The predicted octanol–water partition coefficient (Wildman–Crippen LogP) is 4.05. The van der Waals surface area contributed by atoms with Crippen LogP contribution in [0.25, 0.3) is 0 Å². The van der Waals surface area contributed by atoms with Crippen molar-refractivity contribution in [1.29, 1.82) is 0 Å². The van der Waals surface area contributed by atoms with Gasteiger partial charge in [-0.05, 0) is 55.7 Å². The van der Waals surface area contributed by atoms with Crippen LogP contribution in [0.4, 0.5) is 10.5 Å². The van der Waals surface area contributed by atoms with E-state index in [1.54, 1.807) is 30.3 Å². The molecule has 1 fully saturated rings. The van der Waals surface area contributed by atoms with Gasteiger partial charge in [0, 0.05) is 18.8 Å². The SMILES string of the molecule is Cc1cccc(CN2C(=O)O[C@H](c3ccc(NC(=O)c4cccs4)cc3)[C@H]2C(=O)NCCN(C)C)c1. The first-order valence-corrected chi connectivity index (χ1v) is 12.6. The van der Waals surface area contributed by atoms with Gasteiger partial charge >= 0.3 is 6.09 Å². The second kappa shape index (κ2) is 11.4. The molecule has 0 spiro atoms. The standard InChI is InChI=1S/C27H30N4O4S/c1-18-6-4-7-19(16-18)17-31-23(26(33)28-13-14-30(2)3)24(35-27(31)34)20-9-11-21(12-10-20)29-25(32)22-8-5-15-36-22/h4-12,15-16,23-24H,13-14,17H2,1-3H3,(H,28,33)(H,29,32)/t23-,24+/m0/s1. The number of aryl methyl sites for hydroxylation is 1. The third-order valence-corrected chi connectivity index (χ3v) is 6.76. The molecule has 0 radical (unpaired) electrons. The molecule has 3 aromatic rings. The summed E-state index contributed by atoms with van der Waals surface area (Å²) >= 11 is 1.36. The number of hydrogen-bond donors (Lipinski definition) is 2. The number of likely N-dealkylation sites (N-methyl/N-ethyl adjacent to an activating group) is 1. The number of amides is 3. The van der Waals surface area contributed by atoms with Gasteiger partial charge in [-0.2, -0.15) is 0 Å². The van der Waals surface area contributed by atoms with E-state index in [9.17, 15) is 14.4 Å². The third-order valence-electron chi connectivity index (χ3n) is 5.89. The molecule has 36 heavy (non-hydrogen) atoms. The highest BCUT2D eigenvalue weighted by Crippen LogP contribution is 2.34. The summed E-state index contributed by atoms with van der Waals surface area (Å²) in [5, 5.41) is 7.65. The molecule has 1 aliphatic heterocycles. The van der Waals surface area contributed by atoms with Gasteiger partial charge in [0.2, 0.25) is 5.91 Å². The number of anilines is 1. The van der Waals surface area contributed by atoms with Crippen molar-refractivity contribution in [3.63, 3.8) is 0 Å². The van der Waals surface area contributed by atoms with E-state index in [4.69, 9.17) is 4.74 Å². The van der Waals surface area contributed by atoms with Crippen LogP contribution in [0.5, 0.6) is 0 Å². The molecule has 4 rings (SSSR count). The van der Waals surface area contributed by atoms with Crippen LogP contribution in [0.15, 0.2) is 66.0 Å². The van der Waals surface area contributed by atoms with Crippen molar-refractivity contribution in [2.24, 2.45) is 0 Å². The average molecular weight is 507 g/mol. The fourth-order valence-corrected chi connectivity index (χ4v) is 4.70. The monoisotopic (exact) mass is 506 g/mol. The van der Waals surface area contributed by atoms with E-state index in [0.29, 0.717) is 29.2 Å². The van der Waals surface area contributed by atoms with Crippen molar-refractivity contribution in [1.82, 2.24) is 15.1 Å². The Morgan fingerprint density at radius 3 is 2.53 bits per heavy atom. The van der Waals surface area contributed by atoms with Gasteiger partial charge in [-0.15, -0.1) is 11.3 Å². The zero-order chi connectivity index (χ0) is 25.7. The van der Waals surface area contributed by atoms with Gasteiger partial charge in [-0.25, -0.2) is 4.79 Å². The van der Waals surface area contributed by atoms with Gasteiger partial charge in [0.1, 0.15) is 0 Å². The Bertz CT molecular complexity index is 1210. The number of nitrogens with one attached hydrogen (secondary N) is 2. The second-order valence-corrected chi connectivity index (χ2v) is 9.96. The molecule has 2 aromatic carbocycles. The molecule has 8 nitrogen and oxygen atoms in total. The molecule has 2 atom stereocenters. The molecular weight excluding hydrogens is 476 g/mol. The van der Waals surface area contributed by atoms with E-state index in [2.05, 4.69) is 10.6 Å². The van der Waals surface area contributed by atoms with Crippen molar-refractivity contribution in [2.45, 2.75) is 25.6 Å². The van der Waals surface area contributed by atoms with Crippen LogP contribution in [0.2, 0.25) is 0 Å². The fraction of sp³-hybridized carbons (Fsp3) is 0.296. The van der Waals surface area contributed by atoms with Gasteiger partial charge in [0.15, 0.2) is 12.1 Å². The number of nitrogens with zero attached hydrogens (tertiary/aromatic N) is 2. The van der Waals surface area contributed by atoms with Gasteiger partial charge in [0.25, 0.3) is 5.91 Å². The lowest BCUT2D eigenvalue weighted by Gasteiger charge is -2.24. The minimum absolute atomic E-state index is 0.187. The quantitative estimate of drug-likeness (QED) is 0.457. The summed E-state index contributed by atoms with van der Waals surface area (Å²) in [7, 11) is 3.86. The molecule has 1 aromatic heterocycles. The molecule has 1 aliphatic rings. The number of carbonyl (C=O) groups excluding carboxylic acids is 3. The molecule has 3 amide bonds. The summed E-state index contributed by atoms with van der Waals surface area (Å²) in [4.78, 5) is 42.7. The Labute approximate surface area is 214 Å². The molecular formula is C27H30N4O4S. The maximum atomic E-state index is 13.3. The zero-order valence-corrected chi connectivity index (χ0v) is 21.4. The van der Waals surface area contributed by atoms with E-state index in [0.717, 1.165) is 11.1 Å². The summed E-state index contributed by atoms with van der Waals surface area (Å²) in [5.41, 5.74) is 3.29. The number of hydrogen-bond acceptors (Lipinski definition) is 6. The summed E-state index contributed by atoms with van der Waals surface area (Å²) in [6.07, 6.45) is -1.31. The molecule has 0 saturated carbocycles. The third kappa shape index (κ3) is 6.10. The Morgan fingerprint density at radius 1 is 1.08 bits per heavy atom. The lowest BCUT2D eigenvalue weighted by Crippen LogP contribution is -2.47. The van der Waals surface area contributed by atoms with Gasteiger partial charge < -0.3 is 20.3 Å². The molecule has 9 heteroatoms. The van der Waals surface area contributed by atoms with E-state index in [1.807, 2.05) is 61.6 Å². The van der Waals surface area contributed by atoms with Crippen LogP contribution in [-0.4, -0.2) is 60.9 Å². The van der Waals surface area contributed by atoms with Crippen molar-refractivity contribution >= 4 is 34.9 Å². The highest BCUT2D eigenvalue weighted by molar-refractivity contribution is 7.12. The number of cyclic esters (lactones) is 1. The van der Waals surface area contributed by atoms with Gasteiger partial charge in [-0.1, -0.05) is 48.0 Å². The number of thiophene rings is 1. The summed E-state index contributed by atoms with van der Waals surface area (Å²) in [5.74, 6) is -0.456. The van der Waals surface area contributed by atoms with Crippen LogP contribution < -0.4 is 10.6 Å². The van der Waals surface area contributed by atoms with Crippen molar-refractivity contribution in [3.05, 3.63) is 87.6 Å². The largest absolute Gasteiger partial charge is 0.438 e. The minimum atomic E-state index is -0.827. The first-order chi connectivity index (χ1) is 17.3. The number of rotatable bonds is 9. The number of carbonyl (C=O) groups is 3. The maximum absolute atomic E-state index is 13.3. The van der Waals surface area contributed by atoms with Crippen LogP contribution >= 0.6 is 11.3 Å². The Hall–Kier alpha value is -3.69. The van der Waals surface area contributed by atoms with Crippen LogP contribution in [0, 0.1) is 6.92 Å². The number of ether oxygens (including phenoxy) is 1. The maximum Gasteiger partial charge on any atom is 0.411 e. The normalized spacial score (nSPS) is 17.2. The first-order valence-electron chi connectivity index (χ1n) is 11.7. The summed E-state index contributed by atoms with van der Waals surface area (Å²) in [6.45, 7) is 3.38. The summed E-state index contributed by atoms with van der Waals surface area (Å²) in [6, 6.07) is 17.6. The smallest absolute Gasteiger partial charge is 0.411 e. The van der Waals surface area contributed by atoms with Crippen LogP contribution in [0.1, 0.15) is 32.5 Å². The van der Waals surface area contributed by atoms with Crippen molar-refractivity contribution in [2.75, 3.05) is 32.5 Å².